The SMILES string of the molecule is N#Cc1ccc(OCc2ccccc2)c(C(=O)O)c1-c1ccccc1. The van der Waals surface area contributed by atoms with Gasteiger partial charge in [0.15, 0.2) is 0 Å². The van der Waals surface area contributed by atoms with Crippen LogP contribution in [0.4, 0.5) is 0 Å². The predicted octanol–water partition coefficient (Wildman–Crippen LogP) is 4.50. The van der Waals surface area contributed by atoms with Crippen LogP contribution < -0.4 is 4.74 Å². The second kappa shape index (κ2) is 7.33. The van der Waals surface area contributed by atoms with Crippen LogP contribution in [0.25, 0.3) is 11.1 Å². The summed E-state index contributed by atoms with van der Waals surface area (Å²) in [6, 6.07) is 23.7. The van der Waals surface area contributed by atoms with Gasteiger partial charge in [-0.05, 0) is 23.3 Å². The Morgan fingerprint density at radius 3 is 2.20 bits per heavy atom. The van der Waals surface area contributed by atoms with Gasteiger partial charge in [0.05, 0.1) is 11.6 Å². The smallest absolute Gasteiger partial charge is 0.340 e. The lowest BCUT2D eigenvalue weighted by Gasteiger charge is -2.14. The average Bonchev–Trinajstić information content (AvgIpc) is 2.67. The first-order valence-electron chi connectivity index (χ1n) is 7.73. The fourth-order valence-electron chi connectivity index (χ4n) is 2.65. The molecule has 0 saturated heterocycles. The van der Waals surface area contributed by atoms with Crippen LogP contribution in [0.1, 0.15) is 21.5 Å². The third-order valence-corrected chi connectivity index (χ3v) is 3.80. The van der Waals surface area contributed by atoms with E-state index in [1.807, 2.05) is 36.4 Å². The minimum atomic E-state index is -1.13. The number of aromatic carboxylic acids is 1. The van der Waals surface area contributed by atoms with Gasteiger partial charge < -0.3 is 9.84 Å². The molecule has 3 aromatic rings. The molecule has 25 heavy (non-hydrogen) atoms. The number of nitrogens with zero attached hydrogens (tertiary/aromatic N) is 1. The van der Waals surface area contributed by atoms with Crippen molar-refractivity contribution in [2.24, 2.45) is 0 Å². The summed E-state index contributed by atoms with van der Waals surface area (Å²) in [5.41, 5.74) is 2.28. The van der Waals surface area contributed by atoms with E-state index in [-0.39, 0.29) is 17.9 Å². The lowest BCUT2D eigenvalue weighted by molar-refractivity contribution is 0.0692. The van der Waals surface area contributed by atoms with Gasteiger partial charge in [0, 0.05) is 5.56 Å². The topological polar surface area (TPSA) is 70.3 Å². The van der Waals surface area contributed by atoms with Gasteiger partial charge in [0.25, 0.3) is 0 Å². The Bertz CT molecular complexity index is 929. The van der Waals surface area contributed by atoms with Crippen molar-refractivity contribution in [2.75, 3.05) is 0 Å². The molecular weight excluding hydrogens is 314 g/mol. The first-order valence-corrected chi connectivity index (χ1v) is 7.73. The lowest BCUT2D eigenvalue weighted by atomic mass is 9.94. The fraction of sp³-hybridized carbons (Fsp3) is 0.0476. The van der Waals surface area contributed by atoms with Crippen LogP contribution in [0.15, 0.2) is 72.8 Å². The van der Waals surface area contributed by atoms with Gasteiger partial charge >= 0.3 is 5.97 Å². The molecule has 0 atom stereocenters. The predicted molar refractivity (Wildman–Crippen MR) is 94.3 cm³/mol. The molecule has 0 saturated carbocycles. The van der Waals surface area contributed by atoms with Crippen LogP contribution in [0.5, 0.6) is 5.75 Å². The molecule has 0 unspecified atom stereocenters. The van der Waals surface area contributed by atoms with Crippen LogP contribution in [0, 0.1) is 11.3 Å². The molecule has 4 nitrogen and oxygen atoms in total. The zero-order valence-corrected chi connectivity index (χ0v) is 13.3. The highest BCUT2D eigenvalue weighted by Crippen LogP contribution is 2.34. The molecular formula is C21H15NO3. The van der Waals surface area contributed by atoms with E-state index in [9.17, 15) is 15.2 Å². The zero-order chi connectivity index (χ0) is 17.6. The Morgan fingerprint density at radius 2 is 1.60 bits per heavy atom. The second-order valence-electron chi connectivity index (χ2n) is 5.42. The Kier molecular flexibility index (Phi) is 4.77. The first kappa shape index (κ1) is 16.3. The van der Waals surface area contributed by atoms with Crippen LogP contribution in [-0.2, 0) is 6.61 Å². The Hall–Kier alpha value is -3.58. The molecule has 122 valence electrons. The molecule has 0 aliphatic heterocycles. The van der Waals surface area contributed by atoms with Crippen LogP contribution in [0.2, 0.25) is 0 Å². The molecule has 0 radical (unpaired) electrons. The standard InChI is InChI=1S/C21H15NO3/c22-13-17-11-12-18(25-14-15-7-3-1-4-8-15)20(21(23)24)19(17)16-9-5-2-6-10-16/h1-12H,14H2,(H,23,24). The molecule has 4 heteroatoms. The number of nitriles is 1. The van der Waals surface area contributed by atoms with Crippen LogP contribution >= 0.6 is 0 Å². The molecule has 1 N–H and O–H groups in total. The molecule has 0 amide bonds. The summed E-state index contributed by atoms with van der Waals surface area (Å²) in [4.78, 5) is 11.9. The highest BCUT2D eigenvalue weighted by molar-refractivity contribution is 6.00. The van der Waals surface area contributed by atoms with E-state index in [1.165, 1.54) is 6.07 Å². The number of rotatable bonds is 5. The molecule has 0 spiro atoms. The number of hydrogen-bond acceptors (Lipinski definition) is 3. The van der Waals surface area contributed by atoms with Gasteiger partial charge in [-0.3, -0.25) is 0 Å². The normalized spacial score (nSPS) is 10.0. The number of carboxylic acid groups (broad SMARTS) is 1. The summed E-state index contributed by atoms with van der Waals surface area (Å²) in [5, 5.41) is 19.1. The Morgan fingerprint density at radius 1 is 0.960 bits per heavy atom. The van der Waals surface area contributed by atoms with Crippen LogP contribution in [0.3, 0.4) is 0 Å². The van der Waals surface area contributed by atoms with Crippen molar-refractivity contribution in [2.45, 2.75) is 6.61 Å². The molecule has 0 aliphatic carbocycles. The summed E-state index contributed by atoms with van der Waals surface area (Å²) < 4.78 is 5.76. The van der Waals surface area contributed by atoms with Gasteiger partial charge in [0.1, 0.15) is 17.9 Å². The monoisotopic (exact) mass is 329 g/mol. The zero-order valence-electron chi connectivity index (χ0n) is 13.3. The maximum absolute atomic E-state index is 11.9. The largest absolute Gasteiger partial charge is 0.488 e. The number of carboxylic acids is 1. The molecule has 0 bridgehead atoms. The minimum absolute atomic E-state index is 0.00109. The third kappa shape index (κ3) is 3.51. The quantitative estimate of drug-likeness (QED) is 0.748. The van der Waals surface area contributed by atoms with Crippen molar-refractivity contribution in [1.82, 2.24) is 0 Å². The average molecular weight is 329 g/mol. The van der Waals surface area contributed by atoms with E-state index >= 15 is 0 Å². The molecule has 3 rings (SSSR count). The Balaban J connectivity index is 2.08. The van der Waals surface area contributed by atoms with Crippen molar-refractivity contribution >= 4 is 5.97 Å². The third-order valence-electron chi connectivity index (χ3n) is 3.80. The number of carbonyl (C=O) groups is 1. The van der Waals surface area contributed by atoms with Crippen molar-refractivity contribution in [1.29, 1.82) is 5.26 Å². The summed E-state index contributed by atoms with van der Waals surface area (Å²) >= 11 is 0. The van der Waals surface area contributed by atoms with E-state index in [4.69, 9.17) is 4.74 Å². The first-order chi connectivity index (χ1) is 12.2. The number of benzene rings is 3. The van der Waals surface area contributed by atoms with E-state index < -0.39 is 5.97 Å². The molecule has 3 aromatic carbocycles. The van der Waals surface area contributed by atoms with Crippen molar-refractivity contribution < 1.29 is 14.6 Å². The molecule has 0 fully saturated rings. The number of ether oxygens (including phenoxy) is 1. The highest BCUT2D eigenvalue weighted by atomic mass is 16.5. The fourth-order valence-corrected chi connectivity index (χ4v) is 2.65. The summed E-state index contributed by atoms with van der Waals surface area (Å²) in [7, 11) is 0. The number of hydrogen-bond donors (Lipinski definition) is 1. The van der Waals surface area contributed by atoms with Gasteiger partial charge in [-0.2, -0.15) is 5.26 Å². The molecule has 0 aromatic heterocycles. The van der Waals surface area contributed by atoms with Gasteiger partial charge in [-0.15, -0.1) is 0 Å². The summed E-state index contributed by atoms with van der Waals surface area (Å²) in [6.07, 6.45) is 0. The molecule has 0 heterocycles. The lowest BCUT2D eigenvalue weighted by Crippen LogP contribution is -2.07. The van der Waals surface area contributed by atoms with Crippen molar-refractivity contribution in [3.05, 3.63) is 89.5 Å². The van der Waals surface area contributed by atoms with Gasteiger partial charge in [-0.1, -0.05) is 60.7 Å². The van der Waals surface area contributed by atoms with Gasteiger partial charge in [0.2, 0.25) is 0 Å². The Labute approximate surface area is 145 Å². The van der Waals surface area contributed by atoms with Crippen LogP contribution in [-0.4, -0.2) is 11.1 Å². The van der Waals surface area contributed by atoms with E-state index in [0.717, 1.165) is 5.56 Å². The highest BCUT2D eigenvalue weighted by Gasteiger charge is 2.21. The molecule has 0 aliphatic rings. The van der Waals surface area contributed by atoms with E-state index in [2.05, 4.69) is 6.07 Å². The van der Waals surface area contributed by atoms with Gasteiger partial charge in [-0.25, -0.2) is 4.79 Å². The van der Waals surface area contributed by atoms with E-state index in [1.54, 1.807) is 30.3 Å². The minimum Gasteiger partial charge on any atom is -0.488 e. The maximum Gasteiger partial charge on any atom is 0.340 e. The second-order valence-corrected chi connectivity index (χ2v) is 5.42. The summed E-state index contributed by atoms with van der Waals surface area (Å²) in [5.74, 6) is -0.881. The summed E-state index contributed by atoms with van der Waals surface area (Å²) in [6.45, 7) is 0.251. The maximum atomic E-state index is 11.9. The van der Waals surface area contributed by atoms with Crippen molar-refractivity contribution in [3.63, 3.8) is 0 Å². The van der Waals surface area contributed by atoms with E-state index in [0.29, 0.717) is 16.7 Å². The van der Waals surface area contributed by atoms with Crippen molar-refractivity contribution in [3.8, 4) is 22.9 Å².